The Kier molecular flexibility index (Phi) is 11.7. The lowest BCUT2D eigenvalue weighted by Crippen LogP contribution is -2.41. The van der Waals surface area contributed by atoms with Crippen LogP contribution in [-0.2, 0) is 29.4 Å². The van der Waals surface area contributed by atoms with Crippen molar-refractivity contribution in [2.24, 2.45) is 4.99 Å². The van der Waals surface area contributed by atoms with Crippen LogP contribution in [0.2, 0.25) is 5.02 Å². The molecule has 0 aliphatic carbocycles. The minimum Gasteiger partial charge on any atom is -0.361 e. The monoisotopic (exact) mass is 569 g/mol. The zero-order valence-electron chi connectivity index (χ0n) is 17.4. The minimum absolute atomic E-state index is 0. The van der Waals surface area contributed by atoms with Gasteiger partial charge in [-0.25, -0.2) is 18.1 Å². The molecule has 8 nitrogen and oxygen atoms in total. The van der Waals surface area contributed by atoms with Gasteiger partial charge < -0.3 is 15.2 Å². The zero-order chi connectivity index (χ0) is 21.3. The Hall–Kier alpha value is -1.37. The van der Waals surface area contributed by atoms with Gasteiger partial charge in [-0.2, -0.15) is 0 Å². The molecule has 0 aliphatic rings. The maximum Gasteiger partial charge on any atom is 0.240 e. The van der Waals surface area contributed by atoms with Crippen LogP contribution in [0.15, 0.2) is 38.7 Å². The summed E-state index contributed by atoms with van der Waals surface area (Å²) in [5, 5.41) is 10.7. The summed E-state index contributed by atoms with van der Waals surface area (Å²) >= 11 is 5.87. The minimum atomic E-state index is -3.61. The molecule has 1 heterocycles. The lowest BCUT2D eigenvalue weighted by Gasteiger charge is -2.12. The third-order valence-corrected chi connectivity index (χ3v) is 5.86. The molecule has 0 saturated carbocycles. The average Bonchev–Trinajstić information content (AvgIpc) is 3.11. The molecule has 1 aromatic carbocycles. The fraction of sp³-hybridized carbons (Fsp3) is 0.474. The van der Waals surface area contributed by atoms with E-state index in [0.717, 1.165) is 29.9 Å². The molecule has 0 radical (unpaired) electrons. The van der Waals surface area contributed by atoms with Crippen LogP contribution in [0, 0.1) is 0 Å². The molecule has 0 fully saturated rings. The van der Waals surface area contributed by atoms with E-state index in [0.29, 0.717) is 30.6 Å². The molecule has 0 amide bonds. The van der Waals surface area contributed by atoms with Crippen LogP contribution < -0.4 is 15.4 Å². The number of nitrogens with zero attached hydrogens (tertiary/aromatic N) is 2. The average molecular weight is 570 g/mol. The number of guanidine groups is 1. The highest BCUT2D eigenvalue weighted by Crippen LogP contribution is 2.17. The summed E-state index contributed by atoms with van der Waals surface area (Å²) in [6.07, 6.45) is 1.54. The molecule has 0 spiro atoms. The van der Waals surface area contributed by atoms with Crippen LogP contribution in [-0.4, -0.2) is 39.2 Å². The van der Waals surface area contributed by atoms with Gasteiger partial charge in [0.25, 0.3) is 0 Å². The van der Waals surface area contributed by atoms with E-state index >= 15 is 0 Å². The van der Waals surface area contributed by atoms with E-state index in [-0.39, 0.29) is 35.4 Å². The fourth-order valence-corrected chi connectivity index (χ4v) is 4.03. The normalized spacial score (nSPS) is 11.8. The third kappa shape index (κ3) is 7.71. The van der Waals surface area contributed by atoms with Crippen molar-refractivity contribution in [1.29, 1.82) is 0 Å². The van der Waals surface area contributed by atoms with E-state index in [1.807, 2.05) is 20.8 Å². The summed E-state index contributed by atoms with van der Waals surface area (Å²) in [6, 6.07) is 6.15. The van der Waals surface area contributed by atoms with Crippen LogP contribution >= 0.6 is 35.6 Å². The predicted octanol–water partition coefficient (Wildman–Crippen LogP) is 3.10. The molecule has 3 N–H and O–H groups in total. The van der Waals surface area contributed by atoms with Crippen LogP contribution in [0.25, 0.3) is 0 Å². The quantitative estimate of drug-likeness (QED) is 0.176. The lowest BCUT2D eigenvalue weighted by molar-refractivity contribution is 0.380. The van der Waals surface area contributed by atoms with E-state index in [4.69, 9.17) is 16.1 Å². The number of halogens is 2. The molecule has 0 aliphatic heterocycles. The lowest BCUT2D eigenvalue weighted by atomic mass is 10.1. The smallest absolute Gasteiger partial charge is 0.240 e. The van der Waals surface area contributed by atoms with Gasteiger partial charge in [-0.1, -0.05) is 36.7 Å². The highest BCUT2D eigenvalue weighted by atomic mass is 127. The first-order valence-corrected chi connectivity index (χ1v) is 11.5. The molecule has 2 rings (SSSR count). The largest absolute Gasteiger partial charge is 0.361 e. The SMILES string of the molecule is CCNC(=NCc1c(CC)noc1CC)NCCNS(=O)(=O)c1cccc(Cl)c1.I. The summed E-state index contributed by atoms with van der Waals surface area (Å²) in [7, 11) is -3.61. The Bertz CT molecular complexity index is 913. The standard InChI is InChI=1S/C19H28ClN5O3S.HI/c1-4-17-16(18(5-2)28-25-17)13-23-19(21-6-3)22-10-11-24-29(26,27)15-9-7-8-14(20)12-15;/h7-9,12,24H,4-6,10-11,13H2,1-3H3,(H2,21,22,23);1H. The highest BCUT2D eigenvalue weighted by Gasteiger charge is 2.14. The summed E-state index contributed by atoms with van der Waals surface area (Å²) in [6.45, 7) is 7.71. The first kappa shape index (κ1) is 26.7. The van der Waals surface area contributed by atoms with Crippen molar-refractivity contribution < 1.29 is 12.9 Å². The first-order chi connectivity index (χ1) is 13.9. The maximum absolute atomic E-state index is 12.3. The number of hydrogen-bond acceptors (Lipinski definition) is 5. The van der Waals surface area contributed by atoms with Crippen molar-refractivity contribution in [3.63, 3.8) is 0 Å². The van der Waals surface area contributed by atoms with Crippen molar-refractivity contribution >= 4 is 51.6 Å². The number of aromatic nitrogens is 1. The Balaban J connectivity index is 0.00000450. The summed E-state index contributed by atoms with van der Waals surface area (Å²) in [5.41, 5.74) is 1.92. The number of sulfonamides is 1. The summed E-state index contributed by atoms with van der Waals surface area (Å²) in [4.78, 5) is 4.71. The molecule has 11 heteroatoms. The molecule has 30 heavy (non-hydrogen) atoms. The van der Waals surface area contributed by atoms with Gasteiger partial charge in [0.1, 0.15) is 5.76 Å². The topological polar surface area (TPSA) is 109 Å². The Morgan fingerprint density at radius 1 is 1.17 bits per heavy atom. The molecule has 2 aromatic rings. The Labute approximate surface area is 200 Å². The van der Waals surface area contributed by atoms with Gasteiger partial charge in [0.2, 0.25) is 10.0 Å². The first-order valence-electron chi connectivity index (χ1n) is 9.64. The maximum atomic E-state index is 12.3. The van der Waals surface area contributed by atoms with E-state index in [9.17, 15) is 8.42 Å². The van der Waals surface area contributed by atoms with E-state index < -0.39 is 10.0 Å². The third-order valence-electron chi connectivity index (χ3n) is 4.16. The van der Waals surface area contributed by atoms with Gasteiger partial charge in [0.05, 0.1) is 17.1 Å². The predicted molar refractivity (Wildman–Crippen MR) is 130 cm³/mol. The molecule has 0 saturated heterocycles. The van der Waals surface area contributed by atoms with Gasteiger partial charge >= 0.3 is 0 Å². The number of aryl methyl sites for hydroxylation is 2. The number of aliphatic imine (C=N–C) groups is 1. The van der Waals surface area contributed by atoms with Gasteiger partial charge in [-0.3, -0.25) is 0 Å². The van der Waals surface area contributed by atoms with Crippen LogP contribution in [0.4, 0.5) is 0 Å². The van der Waals surface area contributed by atoms with Crippen LogP contribution in [0.5, 0.6) is 0 Å². The van der Waals surface area contributed by atoms with E-state index in [1.165, 1.54) is 12.1 Å². The molecular weight excluding hydrogens is 541 g/mol. The Morgan fingerprint density at radius 2 is 1.93 bits per heavy atom. The van der Waals surface area contributed by atoms with Crippen molar-refractivity contribution in [3.8, 4) is 0 Å². The summed E-state index contributed by atoms with van der Waals surface area (Å²) < 4.78 is 32.6. The van der Waals surface area contributed by atoms with Crippen molar-refractivity contribution in [1.82, 2.24) is 20.5 Å². The van der Waals surface area contributed by atoms with Crippen LogP contribution in [0.3, 0.4) is 0 Å². The van der Waals surface area contributed by atoms with Gasteiger partial charge in [-0.05, 0) is 31.5 Å². The molecule has 168 valence electrons. The van der Waals surface area contributed by atoms with Gasteiger partial charge in [-0.15, -0.1) is 24.0 Å². The molecule has 0 unspecified atom stereocenters. The second-order valence-corrected chi connectivity index (χ2v) is 8.42. The van der Waals surface area contributed by atoms with Crippen molar-refractivity contribution in [2.75, 3.05) is 19.6 Å². The number of nitrogens with one attached hydrogen (secondary N) is 3. The van der Waals surface area contributed by atoms with Gasteiger partial charge in [0, 0.05) is 36.6 Å². The zero-order valence-corrected chi connectivity index (χ0v) is 21.3. The van der Waals surface area contributed by atoms with E-state index in [2.05, 4.69) is 25.5 Å². The fourth-order valence-electron chi connectivity index (χ4n) is 2.70. The Morgan fingerprint density at radius 3 is 2.57 bits per heavy atom. The summed E-state index contributed by atoms with van der Waals surface area (Å²) in [5.74, 6) is 1.44. The molecular formula is C19H29ClIN5O3S. The molecule has 0 atom stereocenters. The number of rotatable bonds is 10. The highest BCUT2D eigenvalue weighted by molar-refractivity contribution is 14.0. The van der Waals surface area contributed by atoms with Crippen LogP contribution in [0.1, 0.15) is 37.8 Å². The van der Waals surface area contributed by atoms with Gasteiger partial charge in [0.15, 0.2) is 5.96 Å². The van der Waals surface area contributed by atoms with Crippen molar-refractivity contribution in [2.45, 2.75) is 45.1 Å². The van der Waals surface area contributed by atoms with E-state index in [1.54, 1.807) is 12.1 Å². The number of benzene rings is 1. The van der Waals surface area contributed by atoms with Crippen molar-refractivity contribution in [3.05, 3.63) is 46.3 Å². The second-order valence-electron chi connectivity index (χ2n) is 6.22. The second kappa shape index (κ2) is 13.1. The molecule has 0 bridgehead atoms. The molecule has 1 aromatic heterocycles. The number of hydrogen-bond donors (Lipinski definition) is 3.